The SMILES string of the molecule is N#Cc1ccc(C2CC2C(F)(F)F)nc1Cl. The van der Waals surface area contributed by atoms with E-state index >= 15 is 0 Å². The molecule has 1 aromatic rings. The zero-order valence-corrected chi connectivity index (χ0v) is 8.68. The first-order chi connectivity index (χ1) is 7.43. The van der Waals surface area contributed by atoms with Crippen LogP contribution in [0.1, 0.15) is 23.6 Å². The number of pyridine rings is 1. The Morgan fingerprint density at radius 2 is 2.12 bits per heavy atom. The van der Waals surface area contributed by atoms with Crippen molar-refractivity contribution in [1.82, 2.24) is 4.98 Å². The Bertz CT molecular complexity index is 464. The molecule has 1 aromatic heterocycles. The van der Waals surface area contributed by atoms with E-state index in [1.165, 1.54) is 12.1 Å². The van der Waals surface area contributed by atoms with Crippen LogP contribution in [0.2, 0.25) is 5.15 Å². The Morgan fingerprint density at radius 3 is 2.56 bits per heavy atom. The molecular weight excluding hydrogens is 241 g/mol. The van der Waals surface area contributed by atoms with Crippen molar-refractivity contribution in [3.05, 3.63) is 28.5 Å². The number of nitriles is 1. The Balaban J connectivity index is 2.20. The van der Waals surface area contributed by atoms with Gasteiger partial charge in [-0.15, -0.1) is 0 Å². The van der Waals surface area contributed by atoms with Crippen LogP contribution in [-0.4, -0.2) is 11.2 Å². The summed E-state index contributed by atoms with van der Waals surface area (Å²) in [5, 5.41) is 8.56. The molecule has 1 saturated carbocycles. The van der Waals surface area contributed by atoms with Crippen molar-refractivity contribution in [2.75, 3.05) is 0 Å². The molecule has 1 fully saturated rings. The first kappa shape index (κ1) is 11.2. The van der Waals surface area contributed by atoms with Gasteiger partial charge in [-0.05, 0) is 18.6 Å². The largest absolute Gasteiger partial charge is 0.392 e. The summed E-state index contributed by atoms with van der Waals surface area (Å²) in [4.78, 5) is 3.81. The summed E-state index contributed by atoms with van der Waals surface area (Å²) in [6.45, 7) is 0. The summed E-state index contributed by atoms with van der Waals surface area (Å²) in [6.07, 6.45) is -4.12. The molecule has 84 valence electrons. The lowest BCUT2D eigenvalue weighted by Gasteiger charge is -2.05. The molecule has 0 aromatic carbocycles. The highest BCUT2D eigenvalue weighted by Crippen LogP contribution is 2.55. The highest BCUT2D eigenvalue weighted by molar-refractivity contribution is 6.30. The predicted octanol–water partition coefficient (Wildman–Crippen LogP) is 3.27. The number of aromatic nitrogens is 1. The lowest BCUT2D eigenvalue weighted by Crippen LogP contribution is -2.11. The lowest BCUT2D eigenvalue weighted by molar-refractivity contribution is -0.148. The van der Waals surface area contributed by atoms with Gasteiger partial charge in [0.25, 0.3) is 0 Å². The maximum absolute atomic E-state index is 12.3. The Kier molecular flexibility index (Phi) is 2.55. The molecule has 1 aliphatic rings. The number of hydrogen-bond acceptors (Lipinski definition) is 2. The zero-order valence-electron chi connectivity index (χ0n) is 7.92. The van der Waals surface area contributed by atoms with Crippen molar-refractivity contribution in [3.63, 3.8) is 0 Å². The van der Waals surface area contributed by atoms with Gasteiger partial charge in [0.1, 0.15) is 11.2 Å². The minimum atomic E-state index is -4.17. The van der Waals surface area contributed by atoms with Crippen LogP contribution in [-0.2, 0) is 0 Å². The molecule has 0 aliphatic heterocycles. The van der Waals surface area contributed by atoms with Crippen LogP contribution in [0, 0.1) is 17.2 Å². The molecule has 2 atom stereocenters. The van der Waals surface area contributed by atoms with Gasteiger partial charge in [0.2, 0.25) is 0 Å². The van der Waals surface area contributed by atoms with Gasteiger partial charge < -0.3 is 0 Å². The van der Waals surface area contributed by atoms with Gasteiger partial charge in [-0.3, -0.25) is 0 Å². The van der Waals surface area contributed by atoms with Crippen LogP contribution in [0.5, 0.6) is 0 Å². The van der Waals surface area contributed by atoms with Gasteiger partial charge in [-0.2, -0.15) is 18.4 Å². The van der Waals surface area contributed by atoms with Gasteiger partial charge in [0.05, 0.1) is 11.5 Å². The molecule has 6 heteroatoms. The highest BCUT2D eigenvalue weighted by atomic mass is 35.5. The molecule has 1 heterocycles. The Hall–Kier alpha value is -1.28. The average molecular weight is 247 g/mol. The number of rotatable bonds is 1. The molecule has 0 spiro atoms. The van der Waals surface area contributed by atoms with Gasteiger partial charge >= 0.3 is 6.18 Å². The summed E-state index contributed by atoms with van der Waals surface area (Å²) in [7, 11) is 0. The highest BCUT2D eigenvalue weighted by Gasteiger charge is 2.56. The standard InChI is InChI=1S/C10H6ClF3N2/c11-9-5(4-15)1-2-8(16-9)6-3-7(6)10(12,13)14/h1-2,6-7H,3H2. The van der Waals surface area contributed by atoms with E-state index < -0.39 is 18.0 Å². The first-order valence-corrected chi connectivity index (χ1v) is 4.94. The van der Waals surface area contributed by atoms with Crippen molar-refractivity contribution in [2.45, 2.75) is 18.5 Å². The maximum Gasteiger partial charge on any atom is 0.392 e. The monoisotopic (exact) mass is 246 g/mol. The van der Waals surface area contributed by atoms with Crippen LogP contribution < -0.4 is 0 Å². The molecule has 0 amide bonds. The van der Waals surface area contributed by atoms with E-state index in [1.807, 2.05) is 0 Å². The van der Waals surface area contributed by atoms with Crippen LogP contribution in [0.4, 0.5) is 13.2 Å². The maximum atomic E-state index is 12.3. The lowest BCUT2D eigenvalue weighted by atomic mass is 10.2. The normalized spacial score (nSPS) is 23.9. The van der Waals surface area contributed by atoms with Gasteiger partial charge in [0.15, 0.2) is 0 Å². The fourth-order valence-electron chi connectivity index (χ4n) is 1.62. The van der Waals surface area contributed by atoms with Crippen molar-refractivity contribution < 1.29 is 13.2 Å². The fraction of sp³-hybridized carbons (Fsp3) is 0.400. The third kappa shape index (κ3) is 1.98. The van der Waals surface area contributed by atoms with E-state index in [1.54, 1.807) is 6.07 Å². The van der Waals surface area contributed by atoms with E-state index in [9.17, 15) is 13.2 Å². The average Bonchev–Trinajstić information content (AvgIpc) is 2.96. The Morgan fingerprint density at radius 1 is 1.44 bits per heavy atom. The zero-order chi connectivity index (χ0) is 11.9. The fourth-order valence-corrected chi connectivity index (χ4v) is 1.82. The molecule has 2 rings (SSSR count). The topological polar surface area (TPSA) is 36.7 Å². The molecule has 2 nitrogen and oxygen atoms in total. The predicted molar refractivity (Wildman–Crippen MR) is 50.9 cm³/mol. The summed E-state index contributed by atoms with van der Waals surface area (Å²) >= 11 is 5.65. The third-order valence-electron chi connectivity index (χ3n) is 2.58. The summed E-state index contributed by atoms with van der Waals surface area (Å²) in [5.41, 5.74) is 0.487. The molecule has 16 heavy (non-hydrogen) atoms. The molecule has 1 aliphatic carbocycles. The second-order valence-corrected chi connectivity index (χ2v) is 4.03. The van der Waals surface area contributed by atoms with Crippen molar-refractivity contribution in [2.24, 2.45) is 5.92 Å². The van der Waals surface area contributed by atoms with E-state index in [-0.39, 0.29) is 17.1 Å². The summed E-state index contributed by atoms with van der Waals surface area (Å²) < 4.78 is 36.9. The third-order valence-corrected chi connectivity index (χ3v) is 2.87. The molecule has 0 N–H and O–H groups in total. The van der Waals surface area contributed by atoms with Crippen LogP contribution >= 0.6 is 11.6 Å². The second kappa shape index (κ2) is 3.63. The van der Waals surface area contributed by atoms with Gasteiger partial charge in [-0.1, -0.05) is 11.6 Å². The quantitative estimate of drug-likeness (QED) is 0.713. The van der Waals surface area contributed by atoms with E-state index in [0.29, 0.717) is 5.69 Å². The van der Waals surface area contributed by atoms with E-state index in [4.69, 9.17) is 16.9 Å². The number of nitrogens with zero attached hydrogens (tertiary/aromatic N) is 2. The molecule has 0 radical (unpaired) electrons. The van der Waals surface area contributed by atoms with Crippen LogP contribution in [0.15, 0.2) is 12.1 Å². The van der Waals surface area contributed by atoms with Crippen LogP contribution in [0.3, 0.4) is 0 Å². The van der Waals surface area contributed by atoms with Crippen molar-refractivity contribution in [3.8, 4) is 6.07 Å². The summed E-state index contributed by atoms with van der Waals surface area (Å²) in [5.74, 6) is -1.92. The number of alkyl halides is 3. The van der Waals surface area contributed by atoms with E-state index in [0.717, 1.165) is 0 Å². The minimum Gasteiger partial charge on any atom is -0.239 e. The molecule has 0 saturated heterocycles. The minimum absolute atomic E-state index is 0.0344. The summed E-state index contributed by atoms with van der Waals surface area (Å²) in [6, 6.07) is 4.64. The Labute approximate surface area is 94.7 Å². The van der Waals surface area contributed by atoms with Crippen molar-refractivity contribution >= 4 is 11.6 Å². The second-order valence-electron chi connectivity index (χ2n) is 3.68. The van der Waals surface area contributed by atoms with Gasteiger partial charge in [0, 0.05) is 11.6 Å². The first-order valence-electron chi connectivity index (χ1n) is 4.56. The number of hydrogen-bond donors (Lipinski definition) is 0. The molecular formula is C10H6ClF3N2. The van der Waals surface area contributed by atoms with Crippen LogP contribution in [0.25, 0.3) is 0 Å². The molecule has 0 bridgehead atoms. The number of halogens is 4. The van der Waals surface area contributed by atoms with Gasteiger partial charge in [-0.25, -0.2) is 4.98 Å². The van der Waals surface area contributed by atoms with E-state index in [2.05, 4.69) is 4.98 Å². The molecule has 2 unspecified atom stereocenters. The van der Waals surface area contributed by atoms with Crippen molar-refractivity contribution in [1.29, 1.82) is 5.26 Å². The smallest absolute Gasteiger partial charge is 0.239 e.